The molecule has 5 nitrogen and oxygen atoms in total. The maximum atomic E-state index is 14.1. The first-order valence-electron chi connectivity index (χ1n) is 10.8. The fourth-order valence-corrected chi connectivity index (χ4v) is 5.31. The highest BCUT2D eigenvalue weighted by Gasteiger charge is 2.31. The molecule has 4 aromatic rings. The number of aromatic amines is 1. The first-order chi connectivity index (χ1) is 15.9. The fourth-order valence-electron chi connectivity index (χ4n) is 4.40. The number of carbonyl (C=O) groups excluding carboxylic acids is 1. The Morgan fingerprint density at radius 2 is 1.91 bits per heavy atom. The number of rotatable bonds is 4. The first-order valence-corrected chi connectivity index (χ1v) is 11.6. The monoisotopic (exact) mass is 470 g/mol. The Morgan fingerprint density at radius 1 is 1.12 bits per heavy atom. The van der Waals surface area contributed by atoms with Gasteiger partial charge >= 0.3 is 0 Å². The van der Waals surface area contributed by atoms with Gasteiger partial charge in [-0.15, -0.1) is 11.3 Å². The zero-order valence-corrected chi connectivity index (χ0v) is 18.7. The Kier molecular flexibility index (Phi) is 5.65. The molecule has 5 rings (SSSR count). The smallest absolute Gasteiger partial charge is 0.274 e. The van der Waals surface area contributed by atoms with Crippen LogP contribution in [0.4, 0.5) is 13.2 Å². The summed E-state index contributed by atoms with van der Waals surface area (Å²) in [4.78, 5) is 27.9. The van der Waals surface area contributed by atoms with E-state index in [1.165, 1.54) is 29.5 Å². The number of piperidine rings is 1. The van der Waals surface area contributed by atoms with Crippen LogP contribution in [0.15, 0.2) is 36.4 Å². The van der Waals surface area contributed by atoms with Crippen LogP contribution < -0.4 is 0 Å². The van der Waals surface area contributed by atoms with E-state index in [9.17, 15) is 18.0 Å². The number of benzene rings is 2. The Morgan fingerprint density at radius 3 is 2.70 bits per heavy atom. The summed E-state index contributed by atoms with van der Waals surface area (Å²) in [6.45, 7) is 2.41. The number of fused-ring (bicyclic) bond motifs is 1. The molecule has 1 fully saturated rings. The lowest BCUT2D eigenvalue weighted by Crippen LogP contribution is -2.45. The molecule has 1 aliphatic rings. The van der Waals surface area contributed by atoms with Crippen molar-refractivity contribution < 1.29 is 18.0 Å². The lowest BCUT2D eigenvalue weighted by molar-refractivity contribution is 0.0607. The molecule has 0 saturated carbocycles. The second-order valence-corrected chi connectivity index (χ2v) is 9.44. The molecule has 9 heteroatoms. The number of imidazole rings is 1. The predicted molar refractivity (Wildman–Crippen MR) is 121 cm³/mol. The third-order valence-corrected chi connectivity index (χ3v) is 6.93. The minimum atomic E-state index is -0.717. The number of halogens is 3. The minimum absolute atomic E-state index is 0.0915. The second kappa shape index (κ2) is 8.62. The quantitative estimate of drug-likeness (QED) is 0.419. The van der Waals surface area contributed by atoms with Crippen molar-refractivity contribution in [3.05, 3.63) is 70.4 Å². The zero-order chi connectivity index (χ0) is 23.1. The number of amides is 1. The highest BCUT2D eigenvalue weighted by atomic mass is 32.1. The number of likely N-dealkylation sites (tertiary alicyclic amines) is 1. The average molecular weight is 471 g/mol. The molecule has 0 spiro atoms. The maximum Gasteiger partial charge on any atom is 0.274 e. The van der Waals surface area contributed by atoms with E-state index >= 15 is 0 Å². The number of nitrogens with one attached hydrogen (secondary N) is 1. The van der Waals surface area contributed by atoms with Crippen LogP contribution in [0.5, 0.6) is 0 Å². The summed E-state index contributed by atoms with van der Waals surface area (Å²) in [6.07, 6.45) is 3.00. The van der Waals surface area contributed by atoms with Crippen LogP contribution in [0.25, 0.3) is 21.5 Å². The summed E-state index contributed by atoms with van der Waals surface area (Å²) >= 11 is 1.40. The van der Waals surface area contributed by atoms with Crippen LogP contribution in [0.1, 0.15) is 40.6 Å². The molecule has 2 aromatic carbocycles. The number of aryl methyl sites for hydroxylation is 1. The summed E-state index contributed by atoms with van der Waals surface area (Å²) in [5.74, 6) is -1.40. The van der Waals surface area contributed by atoms with E-state index in [1.807, 2.05) is 6.92 Å². The van der Waals surface area contributed by atoms with E-state index in [1.54, 1.807) is 17.0 Å². The minimum Gasteiger partial charge on any atom is -0.342 e. The van der Waals surface area contributed by atoms with Gasteiger partial charge in [0.15, 0.2) is 5.82 Å². The van der Waals surface area contributed by atoms with Crippen molar-refractivity contribution in [2.75, 3.05) is 6.54 Å². The Bertz CT molecular complexity index is 1330. The molecule has 170 valence electrons. The van der Waals surface area contributed by atoms with E-state index in [0.29, 0.717) is 34.9 Å². The molecule has 1 amide bonds. The van der Waals surface area contributed by atoms with E-state index < -0.39 is 11.6 Å². The molecular formula is C24H21F3N4OS. The van der Waals surface area contributed by atoms with Crippen LogP contribution in [-0.4, -0.2) is 38.3 Å². The van der Waals surface area contributed by atoms with Crippen LogP contribution in [-0.2, 0) is 6.42 Å². The molecule has 0 aliphatic carbocycles. The van der Waals surface area contributed by atoms with Gasteiger partial charge in [-0.05, 0) is 49.9 Å². The van der Waals surface area contributed by atoms with Gasteiger partial charge in [0.2, 0.25) is 0 Å². The van der Waals surface area contributed by atoms with Crippen LogP contribution in [0.3, 0.4) is 0 Å². The average Bonchev–Trinajstić information content (AvgIpc) is 3.37. The summed E-state index contributed by atoms with van der Waals surface area (Å²) < 4.78 is 41.0. The molecule has 3 heterocycles. The van der Waals surface area contributed by atoms with Gasteiger partial charge < -0.3 is 9.88 Å². The molecule has 33 heavy (non-hydrogen) atoms. The van der Waals surface area contributed by atoms with E-state index in [0.717, 1.165) is 35.9 Å². The fraction of sp³-hybridized carbons (Fsp3) is 0.292. The Hall–Kier alpha value is -3.20. The number of hydrogen-bond donors (Lipinski definition) is 1. The number of hydrogen-bond acceptors (Lipinski definition) is 4. The van der Waals surface area contributed by atoms with E-state index in [-0.39, 0.29) is 23.3 Å². The molecular weight excluding hydrogens is 449 g/mol. The summed E-state index contributed by atoms with van der Waals surface area (Å²) in [5, 5.41) is 0.751. The lowest BCUT2D eigenvalue weighted by Gasteiger charge is -2.35. The maximum absolute atomic E-state index is 14.1. The van der Waals surface area contributed by atoms with Gasteiger partial charge in [0.1, 0.15) is 28.7 Å². The highest BCUT2D eigenvalue weighted by molar-refractivity contribution is 7.15. The van der Waals surface area contributed by atoms with Crippen LogP contribution >= 0.6 is 11.3 Å². The molecule has 0 bridgehead atoms. The molecule has 1 atom stereocenters. The molecule has 0 unspecified atom stereocenters. The summed E-state index contributed by atoms with van der Waals surface area (Å²) in [7, 11) is 0. The standard InChI is InChI=1S/C24H21F3N4OS/c1-13-28-22(23(33-13)14-5-7-15(25)8-6-14)24(32)31-9-3-2-4-17(31)12-20-29-19-11-16(26)10-18(27)21(19)30-20/h5-8,10-11,17H,2-4,9,12H2,1H3,(H,29,30)/t17-/m0/s1. The third kappa shape index (κ3) is 4.25. The van der Waals surface area contributed by atoms with Gasteiger partial charge in [-0.2, -0.15) is 0 Å². The molecule has 1 aliphatic heterocycles. The number of aromatic nitrogens is 3. The van der Waals surface area contributed by atoms with Gasteiger partial charge in [0.05, 0.1) is 15.4 Å². The predicted octanol–water partition coefficient (Wildman–Crippen LogP) is 5.65. The molecule has 1 saturated heterocycles. The number of H-pyrrole nitrogens is 1. The van der Waals surface area contributed by atoms with Crippen molar-refractivity contribution in [3.8, 4) is 10.4 Å². The Balaban J connectivity index is 1.44. The topological polar surface area (TPSA) is 61.9 Å². The summed E-state index contributed by atoms with van der Waals surface area (Å²) in [5.41, 5.74) is 1.49. The van der Waals surface area contributed by atoms with Crippen molar-refractivity contribution in [1.82, 2.24) is 19.9 Å². The van der Waals surface area contributed by atoms with Gasteiger partial charge in [-0.3, -0.25) is 4.79 Å². The molecule has 2 aromatic heterocycles. The van der Waals surface area contributed by atoms with E-state index in [2.05, 4.69) is 15.0 Å². The number of nitrogens with zero attached hydrogens (tertiary/aromatic N) is 3. The second-order valence-electron chi connectivity index (χ2n) is 8.24. The van der Waals surface area contributed by atoms with Gasteiger partial charge in [0, 0.05) is 25.1 Å². The van der Waals surface area contributed by atoms with Crippen LogP contribution in [0.2, 0.25) is 0 Å². The third-order valence-electron chi connectivity index (χ3n) is 5.91. The highest BCUT2D eigenvalue weighted by Crippen LogP contribution is 2.33. The number of thiazole rings is 1. The van der Waals surface area contributed by atoms with Gasteiger partial charge in [0.25, 0.3) is 5.91 Å². The van der Waals surface area contributed by atoms with Crippen molar-refractivity contribution in [2.45, 2.75) is 38.6 Å². The normalized spacial score (nSPS) is 16.5. The summed E-state index contributed by atoms with van der Waals surface area (Å²) in [6, 6.07) is 7.90. The van der Waals surface area contributed by atoms with Gasteiger partial charge in [-0.25, -0.2) is 23.1 Å². The van der Waals surface area contributed by atoms with Gasteiger partial charge in [-0.1, -0.05) is 12.1 Å². The zero-order valence-electron chi connectivity index (χ0n) is 17.9. The SMILES string of the molecule is Cc1nc(C(=O)N2CCCC[C@H]2Cc2nc3c(F)cc(F)cc3[nH]2)c(-c2ccc(F)cc2)s1. The van der Waals surface area contributed by atoms with Crippen molar-refractivity contribution in [2.24, 2.45) is 0 Å². The largest absolute Gasteiger partial charge is 0.342 e. The molecule has 1 N–H and O–H groups in total. The first kappa shape index (κ1) is 21.6. The van der Waals surface area contributed by atoms with Crippen molar-refractivity contribution in [1.29, 1.82) is 0 Å². The van der Waals surface area contributed by atoms with Crippen LogP contribution in [0, 0.1) is 24.4 Å². The van der Waals surface area contributed by atoms with E-state index in [4.69, 9.17) is 0 Å². The Labute approximate surface area is 192 Å². The number of carbonyl (C=O) groups is 1. The van der Waals surface area contributed by atoms with Crippen molar-refractivity contribution in [3.63, 3.8) is 0 Å². The lowest BCUT2D eigenvalue weighted by atomic mass is 9.98. The van der Waals surface area contributed by atoms with Crippen molar-refractivity contribution >= 4 is 28.3 Å². The molecule has 0 radical (unpaired) electrons.